The number of halogens is 1. The molecule has 0 amide bonds. The Bertz CT molecular complexity index is 626. The minimum atomic E-state index is -0.173. The molecule has 20 heavy (non-hydrogen) atoms. The van der Waals surface area contributed by atoms with Crippen molar-refractivity contribution in [1.29, 1.82) is 0 Å². The van der Waals surface area contributed by atoms with Crippen LogP contribution in [-0.4, -0.2) is 11.5 Å². The molecule has 104 valence electrons. The van der Waals surface area contributed by atoms with Crippen LogP contribution in [0.25, 0.3) is 0 Å². The van der Waals surface area contributed by atoms with Crippen LogP contribution in [0.3, 0.4) is 0 Å². The van der Waals surface area contributed by atoms with Gasteiger partial charge >= 0.3 is 0 Å². The standard InChI is InChI=1S/C16H17FN2S/c1-11-5-4-7-13(16(18)20)15(11)19-10-9-12-6-2-3-8-14(12)17/h2-8,19H,9-10H2,1H3,(H2,18,20). The van der Waals surface area contributed by atoms with Gasteiger partial charge in [0.2, 0.25) is 0 Å². The van der Waals surface area contributed by atoms with Crippen molar-refractivity contribution in [2.45, 2.75) is 13.3 Å². The second-order valence-electron chi connectivity index (χ2n) is 4.63. The lowest BCUT2D eigenvalue weighted by molar-refractivity contribution is 0.610. The number of hydrogen-bond donors (Lipinski definition) is 2. The summed E-state index contributed by atoms with van der Waals surface area (Å²) in [6.07, 6.45) is 0.609. The van der Waals surface area contributed by atoms with Crippen LogP contribution in [0.1, 0.15) is 16.7 Å². The van der Waals surface area contributed by atoms with Crippen LogP contribution in [0.4, 0.5) is 10.1 Å². The SMILES string of the molecule is Cc1cccc(C(N)=S)c1NCCc1ccccc1F. The largest absolute Gasteiger partial charge is 0.389 e. The van der Waals surface area contributed by atoms with E-state index in [1.54, 1.807) is 12.1 Å². The monoisotopic (exact) mass is 288 g/mol. The number of para-hydroxylation sites is 1. The molecule has 4 heteroatoms. The Labute approximate surface area is 123 Å². The molecule has 2 aromatic rings. The minimum absolute atomic E-state index is 0.173. The molecule has 0 radical (unpaired) electrons. The summed E-state index contributed by atoms with van der Waals surface area (Å²) in [5.74, 6) is -0.173. The molecule has 2 nitrogen and oxygen atoms in total. The molecule has 0 heterocycles. The molecule has 0 bridgehead atoms. The highest BCUT2D eigenvalue weighted by Crippen LogP contribution is 2.20. The highest BCUT2D eigenvalue weighted by Gasteiger charge is 2.07. The molecule has 0 aliphatic heterocycles. The summed E-state index contributed by atoms with van der Waals surface area (Å²) in [4.78, 5) is 0.363. The van der Waals surface area contributed by atoms with Crippen LogP contribution in [0.2, 0.25) is 0 Å². The molecule has 0 aliphatic carbocycles. The van der Waals surface area contributed by atoms with E-state index in [4.69, 9.17) is 18.0 Å². The maximum atomic E-state index is 13.5. The first kappa shape index (κ1) is 14.5. The van der Waals surface area contributed by atoms with Crippen LogP contribution in [0.5, 0.6) is 0 Å². The van der Waals surface area contributed by atoms with Crippen molar-refractivity contribution < 1.29 is 4.39 Å². The van der Waals surface area contributed by atoms with Gasteiger partial charge in [-0.1, -0.05) is 42.5 Å². The smallest absolute Gasteiger partial charge is 0.126 e. The predicted octanol–water partition coefficient (Wildman–Crippen LogP) is 3.42. The van der Waals surface area contributed by atoms with E-state index in [2.05, 4.69) is 5.32 Å². The molecule has 2 aromatic carbocycles. The third kappa shape index (κ3) is 3.33. The number of nitrogens with one attached hydrogen (secondary N) is 1. The first-order valence-electron chi connectivity index (χ1n) is 6.46. The zero-order valence-electron chi connectivity index (χ0n) is 11.3. The topological polar surface area (TPSA) is 38.0 Å². The minimum Gasteiger partial charge on any atom is -0.389 e. The van der Waals surface area contributed by atoms with Gasteiger partial charge in [0.25, 0.3) is 0 Å². The number of benzene rings is 2. The molecule has 3 N–H and O–H groups in total. The van der Waals surface area contributed by atoms with Gasteiger partial charge in [-0.3, -0.25) is 0 Å². The number of aryl methyl sites for hydroxylation is 1. The molecule has 0 saturated carbocycles. The maximum absolute atomic E-state index is 13.5. The van der Waals surface area contributed by atoms with Gasteiger partial charge < -0.3 is 11.1 Å². The Hall–Kier alpha value is -1.94. The summed E-state index contributed by atoms with van der Waals surface area (Å²) >= 11 is 5.05. The van der Waals surface area contributed by atoms with Gasteiger partial charge in [0, 0.05) is 17.8 Å². The molecular formula is C16H17FN2S. The fraction of sp³-hybridized carbons (Fsp3) is 0.188. The van der Waals surface area contributed by atoms with Crippen LogP contribution < -0.4 is 11.1 Å². The van der Waals surface area contributed by atoms with Gasteiger partial charge in [0.1, 0.15) is 10.8 Å². The Morgan fingerprint density at radius 2 is 1.95 bits per heavy atom. The van der Waals surface area contributed by atoms with Crippen molar-refractivity contribution in [2.75, 3.05) is 11.9 Å². The number of nitrogens with two attached hydrogens (primary N) is 1. The summed E-state index contributed by atoms with van der Waals surface area (Å²) in [7, 11) is 0. The van der Waals surface area contributed by atoms with Crippen LogP contribution in [-0.2, 0) is 6.42 Å². The van der Waals surface area contributed by atoms with E-state index in [0.29, 0.717) is 23.5 Å². The number of anilines is 1. The van der Waals surface area contributed by atoms with Crippen molar-refractivity contribution >= 4 is 22.9 Å². The first-order valence-corrected chi connectivity index (χ1v) is 6.87. The number of rotatable bonds is 5. The van der Waals surface area contributed by atoms with Crippen molar-refractivity contribution in [3.63, 3.8) is 0 Å². The lowest BCUT2D eigenvalue weighted by Gasteiger charge is -2.14. The Balaban J connectivity index is 2.08. The van der Waals surface area contributed by atoms with Gasteiger partial charge in [0.05, 0.1) is 0 Å². The van der Waals surface area contributed by atoms with Crippen LogP contribution >= 0.6 is 12.2 Å². The molecular weight excluding hydrogens is 271 g/mol. The Kier molecular flexibility index (Phi) is 4.69. The maximum Gasteiger partial charge on any atom is 0.126 e. The van der Waals surface area contributed by atoms with Gasteiger partial charge in [-0.15, -0.1) is 0 Å². The third-order valence-electron chi connectivity index (χ3n) is 3.19. The molecule has 0 spiro atoms. The summed E-state index contributed by atoms with van der Waals surface area (Å²) in [6.45, 7) is 2.62. The van der Waals surface area contributed by atoms with Crippen molar-refractivity contribution in [1.82, 2.24) is 0 Å². The molecule has 0 aliphatic rings. The van der Waals surface area contributed by atoms with Crippen LogP contribution in [0, 0.1) is 12.7 Å². The summed E-state index contributed by atoms with van der Waals surface area (Å²) in [5, 5.41) is 3.30. The predicted molar refractivity (Wildman–Crippen MR) is 85.7 cm³/mol. The van der Waals surface area contributed by atoms with E-state index in [-0.39, 0.29) is 5.82 Å². The van der Waals surface area contributed by atoms with Crippen LogP contribution in [0.15, 0.2) is 42.5 Å². The normalized spacial score (nSPS) is 10.3. The average Bonchev–Trinajstić information content (AvgIpc) is 2.42. The van der Waals surface area contributed by atoms with E-state index in [1.165, 1.54) is 6.07 Å². The van der Waals surface area contributed by atoms with Gasteiger partial charge in [-0.25, -0.2) is 4.39 Å². The summed E-state index contributed by atoms with van der Waals surface area (Å²) in [6, 6.07) is 12.6. The molecule has 0 saturated heterocycles. The lowest BCUT2D eigenvalue weighted by atomic mass is 10.1. The van der Waals surface area contributed by atoms with Gasteiger partial charge in [-0.2, -0.15) is 0 Å². The van der Waals surface area contributed by atoms with E-state index in [0.717, 1.165) is 16.8 Å². The highest BCUT2D eigenvalue weighted by molar-refractivity contribution is 7.80. The van der Waals surface area contributed by atoms with Crippen molar-refractivity contribution in [3.8, 4) is 0 Å². The zero-order chi connectivity index (χ0) is 14.5. The van der Waals surface area contributed by atoms with E-state index in [9.17, 15) is 4.39 Å². The molecule has 0 atom stereocenters. The molecule has 0 fully saturated rings. The van der Waals surface area contributed by atoms with E-state index >= 15 is 0 Å². The van der Waals surface area contributed by atoms with E-state index < -0.39 is 0 Å². The fourth-order valence-electron chi connectivity index (χ4n) is 2.13. The Morgan fingerprint density at radius 1 is 1.20 bits per heavy atom. The number of hydrogen-bond acceptors (Lipinski definition) is 2. The second kappa shape index (κ2) is 6.48. The first-order chi connectivity index (χ1) is 9.59. The van der Waals surface area contributed by atoms with Gasteiger partial charge in [-0.05, 0) is 36.6 Å². The molecule has 0 unspecified atom stereocenters. The average molecular weight is 288 g/mol. The van der Waals surface area contributed by atoms with Crippen molar-refractivity contribution in [3.05, 3.63) is 65.0 Å². The summed E-state index contributed by atoms with van der Waals surface area (Å²) in [5.41, 5.74) is 9.25. The summed E-state index contributed by atoms with van der Waals surface area (Å²) < 4.78 is 13.5. The van der Waals surface area contributed by atoms with Gasteiger partial charge in [0.15, 0.2) is 0 Å². The fourth-order valence-corrected chi connectivity index (χ4v) is 2.30. The lowest BCUT2D eigenvalue weighted by Crippen LogP contribution is -2.15. The Morgan fingerprint density at radius 3 is 2.65 bits per heavy atom. The zero-order valence-corrected chi connectivity index (χ0v) is 12.1. The third-order valence-corrected chi connectivity index (χ3v) is 3.41. The van der Waals surface area contributed by atoms with E-state index in [1.807, 2.05) is 31.2 Å². The van der Waals surface area contributed by atoms with Crippen molar-refractivity contribution in [2.24, 2.45) is 5.73 Å². The quantitative estimate of drug-likeness (QED) is 0.828. The second-order valence-corrected chi connectivity index (χ2v) is 5.07. The molecule has 2 rings (SSSR count). The number of thiocarbonyl (C=S) groups is 1. The highest BCUT2D eigenvalue weighted by atomic mass is 32.1. The molecule has 0 aromatic heterocycles.